The highest BCUT2D eigenvalue weighted by Gasteiger charge is 2.10. The number of aromatic nitrogens is 5. The van der Waals surface area contributed by atoms with Gasteiger partial charge in [-0.2, -0.15) is 0 Å². The summed E-state index contributed by atoms with van der Waals surface area (Å²) in [4.78, 5) is 23.3. The molecule has 0 aliphatic carbocycles. The Labute approximate surface area is 197 Å². The zero-order valence-corrected chi connectivity index (χ0v) is 19.0. The summed E-state index contributed by atoms with van der Waals surface area (Å²) in [6.07, 6.45) is 2.64. The van der Waals surface area contributed by atoms with Crippen LogP contribution in [-0.2, 0) is 12.8 Å². The molecule has 5 aromatic rings. The van der Waals surface area contributed by atoms with Gasteiger partial charge in [-0.3, -0.25) is 9.97 Å². The summed E-state index contributed by atoms with van der Waals surface area (Å²) in [5.74, 6) is 0.542. The summed E-state index contributed by atoms with van der Waals surface area (Å²) >= 11 is 6.38. The SMILES string of the molecule is Cc1cccc(-c2cccc(CCCc3cccc(-c4nc(Cl)c5ccccc5n4)n3)n2)n1. The molecular formula is C27H22ClN5. The average molecular weight is 452 g/mol. The van der Waals surface area contributed by atoms with Gasteiger partial charge in [0.2, 0.25) is 0 Å². The van der Waals surface area contributed by atoms with Crippen molar-refractivity contribution in [3.8, 4) is 22.9 Å². The Morgan fingerprint density at radius 3 is 2.00 bits per heavy atom. The van der Waals surface area contributed by atoms with Gasteiger partial charge in [-0.15, -0.1) is 0 Å². The number of nitrogens with zero attached hydrogens (tertiary/aromatic N) is 5. The van der Waals surface area contributed by atoms with E-state index in [1.807, 2.05) is 79.7 Å². The third kappa shape index (κ3) is 4.89. The van der Waals surface area contributed by atoms with Crippen molar-refractivity contribution in [2.75, 3.05) is 0 Å². The van der Waals surface area contributed by atoms with Gasteiger partial charge in [-0.25, -0.2) is 15.0 Å². The van der Waals surface area contributed by atoms with E-state index in [4.69, 9.17) is 21.6 Å². The van der Waals surface area contributed by atoms with Crippen molar-refractivity contribution in [2.45, 2.75) is 26.2 Å². The van der Waals surface area contributed by atoms with Gasteiger partial charge in [-0.1, -0.05) is 41.9 Å². The summed E-state index contributed by atoms with van der Waals surface area (Å²) in [5.41, 5.74) is 6.39. The molecule has 33 heavy (non-hydrogen) atoms. The Morgan fingerprint density at radius 2 is 1.24 bits per heavy atom. The fourth-order valence-corrected chi connectivity index (χ4v) is 4.03. The Kier molecular flexibility index (Phi) is 6.05. The molecule has 4 heterocycles. The highest BCUT2D eigenvalue weighted by atomic mass is 35.5. The molecule has 5 nitrogen and oxygen atoms in total. The van der Waals surface area contributed by atoms with E-state index in [9.17, 15) is 0 Å². The van der Waals surface area contributed by atoms with E-state index in [1.54, 1.807) is 0 Å². The quantitative estimate of drug-likeness (QED) is 0.284. The predicted molar refractivity (Wildman–Crippen MR) is 132 cm³/mol. The zero-order chi connectivity index (χ0) is 22.6. The molecule has 0 N–H and O–H groups in total. The van der Waals surface area contributed by atoms with Gasteiger partial charge in [0.1, 0.15) is 10.8 Å². The van der Waals surface area contributed by atoms with E-state index >= 15 is 0 Å². The van der Waals surface area contributed by atoms with Crippen LogP contribution in [0, 0.1) is 6.92 Å². The normalized spacial score (nSPS) is 11.1. The number of halogens is 1. The van der Waals surface area contributed by atoms with Crippen LogP contribution in [0.25, 0.3) is 33.8 Å². The summed E-state index contributed by atoms with van der Waals surface area (Å²) in [6, 6.07) is 25.8. The first kappa shape index (κ1) is 21.2. The maximum atomic E-state index is 6.38. The molecule has 0 aliphatic heterocycles. The van der Waals surface area contributed by atoms with E-state index in [0.717, 1.165) is 64.3 Å². The number of rotatable bonds is 6. The standard InChI is InChI=1S/C27H22ClN5/c1-18-8-4-15-23(29-18)24-16-6-11-19(30-24)9-5-10-20-12-7-17-25(31-20)27-32-22-14-3-2-13-21(22)26(28)33-27/h2-4,6-8,11-17H,5,9-10H2,1H3. The predicted octanol–water partition coefficient (Wildman–Crippen LogP) is 6.29. The van der Waals surface area contributed by atoms with Crippen molar-refractivity contribution in [2.24, 2.45) is 0 Å². The molecule has 0 unspecified atom stereocenters. The zero-order valence-electron chi connectivity index (χ0n) is 18.2. The van der Waals surface area contributed by atoms with E-state index in [1.165, 1.54) is 0 Å². The van der Waals surface area contributed by atoms with Crippen LogP contribution in [0.3, 0.4) is 0 Å². The van der Waals surface area contributed by atoms with Crippen LogP contribution in [0.15, 0.2) is 78.9 Å². The lowest BCUT2D eigenvalue weighted by Crippen LogP contribution is -1.99. The Hall–Kier alpha value is -3.70. The number of benzene rings is 1. The van der Waals surface area contributed by atoms with Gasteiger partial charge < -0.3 is 0 Å². The lowest BCUT2D eigenvalue weighted by atomic mass is 10.1. The van der Waals surface area contributed by atoms with Crippen LogP contribution in [0.2, 0.25) is 5.15 Å². The molecule has 1 aromatic carbocycles. The van der Waals surface area contributed by atoms with E-state index in [2.05, 4.69) is 21.0 Å². The second-order valence-electron chi connectivity index (χ2n) is 7.90. The minimum atomic E-state index is 0.442. The first-order chi connectivity index (χ1) is 16.2. The number of aryl methyl sites for hydroxylation is 3. The van der Waals surface area contributed by atoms with Gasteiger partial charge in [0.25, 0.3) is 0 Å². The summed E-state index contributed by atoms with van der Waals surface area (Å²) in [7, 11) is 0. The molecular weight excluding hydrogens is 430 g/mol. The van der Waals surface area contributed by atoms with Crippen molar-refractivity contribution < 1.29 is 0 Å². The highest BCUT2D eigenvalue weighted by molar-refractivity contribution is 6.34. The van der Waals surface area contributed by atoms with Crippen molar-refractivity contribution in [3.05, 3.63) is 101 Å². The Bertz CT molecular complexity index is 1430. The molecule has 0 fully saturated rings. The molecule has 0 aliphatic rings. The fraction of sp³-hybridized carbons (Fsp3) is 0.148. The molecule has 5 rings (SSSR count). The Balaban J connectivity index is 1.29. The summed E-state index contributed by atoms with van der Waals surface area (Å²) in [6.45, 7) is 1.99. The van der Waals surface area contributed by atoms with E-state index in [0.29, 0.717) is 11.0 Å². The van der Waals surface area contributed by atoms with Crippen LogP contribution >= 0.6 is 11.6 Å². The van der Waals surface area contributed by atoms with Crippen LogP contribution in [0.1, 0.15) is 23.5 Å². The number of pyridine rings is 3. The average Bonchev–Trinajstić information content (AvgIpc) is 2.84. The van der Waals surface area contributed by atoms with Crippen LogP contribution < -0.4 is 0 Å². The van der Waals surface area contributed by atoms with Crippen LogP contribution in [-0.4, -0.2) is 24.9 Å². The van der Waals surface area contributed by atoms with Crippen molar-refractivity contribution in [1.82, 2.24) is 24.9 Å². The monoisotopic (exact) mass is 451 g/mol. The first-order valence-electron chi connectivity index (χ1n) is 10.9. The minimum Gasteiger partial charge on any atom is -0.251 e. The van der Waals surface area contributed by atoms with Crippen LogP contribution in [0.5, 0.6) is 0 Å². The number of fused-ring (bicyclic) bond motifs is 1. The number of para-hydroxylation sites is 1. The molecule has 0 saturated heterocycles. The third-order valence-corrected chi connectivity index (χ3v) is 5.70. The van der Waals surface area contributed by atoms with Gasteiger partial charge >= 0.3 is 0 Å². The molecule has 0 saturated carbocycles. The lowest BCUT2D eigenvalue weighted by Gasteiger charge is -2.07. The first-order valence-corrected chi connectivity index (χ1v) is 11.3. The summed E-state index contributed by atoms with van der Waals surface area (Å²) < 4.78 is 0. The van der Waals surface area contributed by atoms with Crippen molar-refractivity contribution in [1.29, 1.82) is 0 Å². The van der Waals surface area contributed by atoms with Gasteiger partial charge in [0.15, 0.2) is 5.82 Å². The molecule has 6 heteroatoms. The topological polar surface area (TPSA) is 64.5 Å². The maximum Gasteiger partial charge on any atom is 0.180 e. The minimum absolute atomic E-state index is 0.442. The molecule has 0 amide bonds. The second kappa shape index (κ2) is 9.43. The molecule has 0 bridgehead atoms. The highest BCUT2D eigenvalue weighted by Crippen LogP contribution is 2.24. The van der Waals surface area contributed by atoms with Gasteiger partial charge in [0, 0.05) is 22.5 Å². The molecule has 0 radical (unpaired) electrons. The van der Waals surface area contributed by atoms with E-state index < -0.39 is 0 Å². The molecule has 0 spiro atoms. The van der Waals surface area contributed by atoms with Gasteiger partial charge in [-0.05, 0) is 74.7 Å². The fourth-order valence-electron chi connectivity index (χ4n) is 3.79. The molecule has 0 atom stereocenters. The number of hydrogen-bond acceptors (Lipinski definition) is 5. The van der Waals surface area contributed by atoms with Crippen LogP contribution in [0.4, 0.5) is 0 Å². The summed E-state index contributed by atoms with van der Waals surface area (Å²) in [5, 5.41) is 1.28. The van der Waals surface area contributed by atoms with Crippen molar-refractivity contribution >= 4 is 22.5 Å². The molecule has 4 aromatic heterocycles. The third-order valence-electron chi connectivity index (χ3n) is 5.42. The maximum absolute atomic E-state index is 6.38. The number of hydrogen-bond donors (Lipinski definition) is 0. The second-order valence-corrected chi connectivity index (χ2v) is 8.26. The largest absolute Gasteiger partial charge is 0.251 e. The van der Waals surface area contributed by atoms with Crippen molar-refractivity contribution in [3.63, 3.8) is 0 Å². The van der Waals surface area contributed by atoms with Gasteiger partial charge in [0.05, 0.1) is 16.9 Å². The van der Waals surface area contributed by atoms with E-state index in [-0.39, 0.29) is 0 Å². The lowest BCUT2D eigenvalue weighted by molar-refractivity contribution is 0.782. The smallest absolute Gasteiger partial charge is 0.180 e. The molecule has 162 valence electrons. The Morgan fingerprint density at radius 1 is 0.606 bits per heavy atom.